The molecule has 0 fully saturated rings. The van der Waals surface area contributed by atoms with Crippen LogP contribution in [0, 0.1) is 0 Å². The Morgan fingerprint density at radius 2 is 2.21 bits per heavy atom. The Morgan fingerprint density at radius 1 is 1.43 bits per heavy atom. The molecule has 0 N–H and O–H groups in total. The number of methoxy groups -OCH3 is 1. The lowest BCUT2D eigenvalue weighted by Crippen LogP contribution is -1.99. The third-order valence-electron chi connectivity index (χ3n) is 1.75. The molecule has 4 heteroatoms. The molecule has 0 heterocycles. The lowest BCUT2D eigenvalue weighted by molar-refractivity contribution is 0.272. The van der Waals surface area contributed by atoms with Crippen molar-refractivity contribution in [2.75, 3.05) is 20.4 Å². The molecule has 1 aromatic rings. The van der Waals surface area contributed by atoms with Crippen LogP contribution in [0.2, 0.25) is 0 Å². The molecule has 78 valence electrons. The first-order valence-corrected chi connectivity index (χ1v) is 5.35. The number of hydrogen-bond acceptors (Lipinski definition) is 2. The van der Waals surface area contributed by atoms with Gasteiger partial charge in [-0.2, -0.15) is 0 Å². The Hall–Kier alpha value is -0.770. The van der Waals surface area contributed by atoms with Crippen LogP contribution in [0.1, 0.15) is 5.56 Å². The molecule has 0 radical (unpaired) electrons. The zero-order chi connectivity index (χ0) is 10.4. The van der Waals surface area contributed by atoms with E-state index in [-0.39, 0.29) is 6.61 Å². The van der Waals surface area contributed by atoms with E-state index in [1.807, 2.05) is 6.07 Å². The van der Waals surface area contributed by atoms with Gasteiger partial charge in [0.1, 0.15) is 24.8 Å². The third kappa shape index (κ3) is 2.87. The van der Waals surface area contributed by atoms with Gasteiger partial charge in [-0.15, -0.1) is 0 Å². The topological polar surface area (TPSA) is 18.5 Å². The average Bonchev–Trinajstić information content (AvgIpc) is 2.25. The summed E-state index contributed by atoms with van der Waals surface area (Å²) in [4.78, 5) is 0. The van der Waals surface area contributed by atoms with E-state index in [9.17, 15) is 4.39 Å². The van der Waals surface area contributed by atoms with Gasteiger partial charge in [-0.1, -0.05) is 22.0 Å². The summed E-state index contributed by atoms with van der Waals surface area (Å²) >= 11 is 3.35. The summed E-state index contributed by atoms with van der Waals surface area (Å²) < 4.78 is 22.1. The van der Waals surface area contributed by atoms with Gasteiger partial charge in [0.2, 0.25) is 0 Å². The molecule has 1 rings (SSSR count). The maximum Gasteiger partial charge on any atom is 0.126 e. The third-order valence-corrected chi connectivity index (χ3v) is 2.35. The van der Waals surface area contributed by atoms with Gasteiger partial charge in [-0.25, -0.2) is 4.39 Å². The monoisotopic (exact) mass is 262 g/mol. The molecule has 0 aliphatic carbocycles. The molecular weight excluding hydrogens is 251 g/mol. The Kier molecular flexibility index (Phi) is 4.73. The van der Waals surface area contributed by atoms with Crippen molar-refractivity contribution in [1.29, 1.82) is 0 Å². The van der Waals surface area contributed by atoms with Gasteiger partial charge in [0.25, 0.3) is 0 Å². The van der Waals surface area contributed by atoms with E-state index in [0.717, 1.165) is 16.6 Å². The number of ether oxygens (including phenoxy) is 2. The second kappa shape index (κ2) is 5.86. The quantitative estimate of drug-likeness (QED) is 0.760. The smallest absolute Gasteiger partial charge is 0.126 e. The lowest BCUT2D eigenvalue weighted by atomic mass is 10.2. The van der Waals surface area contributed by atoms with E-state index in [4.69, 9.17) is 9.47 Å². The number of alkyl halides is 2. The van der Waals surface area contributed by atoms with Crippen molar-refractivity contribution in [3.05, 3.63) is 23.8 Å². The minimum atomic E-state index is -0.484. The van der Waals surface area contributed by atoms with E-state index in [1.54, 1.807) is 19.2 Å². The Labute approximate surface area is 91.2 Å². The molecule has 0 atom stereocenters. The van der Waals surface area contributed by atoms with Crippen LogP contribution in [0.15, 0.2) is 18.2 Å². The average molecular weight is 263 g/mol. The number of rotatable bonds is 5. The Morgan fingerprint density at radius 3 is 2.79 bits per heavy atom. The van der Waals surface area contributed by atoms with Gasteiger partial charge < -0.3 is 9.47 Å². The largest absolute Gasteiger partial charge is 0.496 e. The summed E-state index contributed by atoms with van der Waals surface area (Å²) in [6.07, 6.45) is 0. The highest BCUT2D eigenvalue weighted by Gasteiger charge is 2.03. The lowest BCUT2D eigenvalue weighted by Gasteiger charge is -2.09. The molecule has 0 bridgehead atoms. The summed E-state index contributed by atoms with van der Waals surface area (Å²) in [6, 6.07) is 5.45. The SMILES string of the molecule is COc1cc(OCCF)ccc1CBr. The van der Waals surface area contributed by atoms with E-state index in [1.165, 1.54) is 0 Å². The van der Waals surface area contributed by atoms with Crippen LogP contribution < -0.4 is 9.47 Å². The first kappa shape index (κ1) is 11.3. The predicted molar refractivity (Wildman–Crippen MR) is 57.1 cm³/mol. The zero-order valence-corrected chi connectivity index (χ0v) is 9.51. The summed E-state index contributed by atoms with van der Waals surface area (Å²) in [5, 5.41) is 0.722. The van der Waals surface area contributed by atoms with Gasteiger partial charge in [-0.3, -0.25) is 0 Å². The van der Waals surface area contributed by atoms with Crippen LogP contribution in [0.25, 0.3) is 0 Å². The van der Waals surface area contributed by atoms with Crippen molar-refractivity contribution in [2.24, 2.45) is 0 Å². The normalized spacial score (nSPS) is 9.93. The Bertz CT molecular complexity index is 291. The number of benzene rings is 1. The van der Waals surface area contributed by atoms with Crippen molar-refractivity contribution >= 4 is 15.9 Å². The molecule has 14 heavy (non-hydrogen) atoms. The zero-order valence-electron chi connectivity index (χ0n) is 7.93. The van der Waals surface area contributed by atoms with Crippen molar-refractivity contribution in [1.82, 2.24) is 0 Å². The fourth-order valence-electron chi connectivity index (χ4n) is 1.08. The van der Waals surface area contributed by atoms with Gasteiger partial charge >= 0.3 is 0 Å². The van der Waals surface area contributed by atoms with Gasteiger partial charge in [-0.05, 0) is 6.07 Å². The van der Waals surface area contributed by atoms with Gasteiger partial charge in [0.05, 0.1) is 7.11 Å². The molecule has 0 spiro atoms. The van der Waals surface area contributed by atoms with Crippen LogP contribution in [-0.4, -0.2) is 20.4 Å². The molecule has 0 aliphatic rings. The summed E-state index contributed by atoms with van der Waals surface area (Å²) in [6.45, 7) is -0.403. The van der Waals surface area contributed by atoms with Crippen molar-refractivity contribution in [2.45, 2.75) is 5.33 Å². The number of halogens is 2. The van der Waals surface area contributed by atoms with E-state index >= 15 is 0 Å². The predicted octanol–water partition coefficient (Wildman–Crippen LogP) is 2.94. The summed E-state index contributed by atoms with van der Waals surface area (Å²) in [7, 11) is 1.60. The summed E-state index contributed by atoms with van der Waals surface area (Å²) in [5.41, 5.74) is 1.04. The molecule has 1 aromatic carbocycles. The fourth-order valence-corrected chi connectivity index (χ4v) is 1.54. The van der Waals surface area contributed by atoms with Crippen molar-refractivity contribution in [3.63, 3.8) is 0 Å². The van der Waals surface area contributed by atoms with Crippen LogP contribution >= 0.6 is 15.9 Å². The van der Waals surface area contributed by atoms with E-state index in [0.29, 0.717) is 5.75 Å². The minimum Gasteiger partial charge on any atom is -0.496 e. The van der Waals surface area contributed by atoms with Crippen LogP contribution in [0.5, 0.6) is 11.5 Å². The van der Waals surface area contributed by atoms with Crippen LogP contribution in [-0.2, 0) is 5.33 Å². The van der Waals surface area contributed by atoms with Crippen molar-refractivity contribution < 1.29 is 13.9 Å². The maximum atomic E-state index is 11.8. The van der Waals surface area contributed by atoms with E-state index in [2.05, 4.69) is 15.9 Å². The minimum absolute atomic E-state index is 0.0802. The molecule has 0 aromatic heterocycles. The standard InChI is InChI=1S/C10H12BrFO2/c1-13-10-6-9(14-5-4-12)3-2-8(10)7-11/h2-3,6H,4-5,7H2,1H3. The molecule has 0 amide bonds. The highest BCUT2D eigenvalue weighted by Crippen LogP contribution is 2.26. The second-order valence-corrected chi connectivity index (χ2v) is 3.21. The van der Waals surface area contributed by atoms with Crippen LogP contribution in [0.3, 0.4) is 0 Å². The first-order valence-electron chi connectivity index (χ1n) is 4.23. The molecule has 0 aliphatic heterocycles. The fraction of sp³-hybridized carbons (Fsp3) is 0.400. The van der Waals surface area contributed by atoms with Crippen LogP contribution in [0.4, 0.5) is 4.39 Å². The molecule has 0 unspecified atom stereocenters. The highest BCUT2D eigenvalue weighted by molar-refractivity contribution is 9.08. The summed E-state index contributed by atoms with van der Waals surface area (Å²) in [5.74, 6) is 1.38. The first-order chi connectivity index (χ1) is 6.81. The Balaban J connectivity index is 2.79. The maximum absolute atomic E-state index is 11.8. The van der Waals surface area contributed by atoms with Gasteiger partial charge in [0.15, 0.2) is 0 Å². The molecule has 0 saturated heterocycles. The molecular formula is C10H12BrFO2. The van der Waals surface area contributed by atoms with Crippen molar-refractivity contribution in [3.8, 4) is 11.5 Å². The van der Waals surface area contributed by atoms with Gasteiger partial charge in [0, 0.05) is 17.0 Å². The second-order valence-electron chi connectivity index (χ2n) is 2.64. The number of hydrogen-bond donors (Lipinski definition) is 0. The highest BCUT2D eigenvalue weighted by atomic mass is 79.9. The molecule has 2 nitrogen and oxygen atoms in total. The molecule has 0 saturated carbocycles. The van der Waals surface area contributed by atoms with E-state index < -0.39 is 6.67 Å².